The lowest BCUT2D eigenvalue weighted by Crippen LogP contribution is -2.41. The molecule has 0 unspecified atom stereocenters. The minimum absolute atomic E-state index is 0.00835. The van der Waals surface area contributed by atoms with Crippen molar-refractivity contribution in [2.24, 2.45) is 0 Å². The number of carbonyl (C=O) groups excluding carboxylic acids is 1. The third-order valence-electron chi connectivity index (χ3n) is 4.96. The number of hydrogen-bond acceptors (Lipinski definition) is 4. The van der Waals surface area contributed by atoms with Crippen LogP contribution in [-0.4, -0.2) is 47.3 Å². The third-order valence-corrected chi connectivity index (χ3v) is 4.96. The van der Waals surface area contributed by atoms with E-state index in [4.69, 9.17) is 9.15 Å². The molecule has 2 aromatic rings. The molecule has 6 heteroatoms. The van der Waals surface area contributed by atoms with Crippen molar-refractivity contribution in [2.75, 3.05) is 19.7 Å². The smallest absolute Gasteiger partial charge is 0.289 e. The Morgan fingerprint density at radius 3 is 2.96 bits per heavy atom. The van der Waals surface area contributed by atoms with E-state index >= 15 is 0 Å². The summed E-state index contributed by atoms with van der Waals surface area (Å²) >= 11 is 0. The van der Waals surface area contributed by atoms with Gasteiger partial charge in [-0.2, -0.15) is 0 Å². The van der Waals surface area contributed by atoms with Crippen LogP contribution in [0, 0.1) is 5.82 Å². The molecule has 3 atom stereocenters. The van der Waals surface area contributed by atoms with Crippen LogP contribution in [0.5, 0.6) is 0 Å². The van der Waals surface area contributed by atoms with Gasteiger partial charge in [0.1, 0.15) is 17.5 Å². The number of rotatable bonds is 2. The molecule has 2 saturated heterocycles. The Hall–Kier alpha value is -2.18. The number of hydrogen-bond donors (Lipinski definition) is 1. The van der Waals surface area contributed by atoms with Crippen molar-refractivity contribution in [3.63, 3.8) is 0 Å². The molecule has 2 aliphatic rings. The van der Waals surface area contributed by atoms with E-state index in [1.165, 1.54) is 18.4 Å². The van der Waals surface area contributed by atoms with Gasteiger partial charge in [-0.05, 0) is 36.2 Å². The summed E-state index contributed by atoms with van der Waals surface area (Å²) < 4.78 is 24.5. The van der Waals surface area contributed by atoms with E-state index in [0.717, 1.165) is 5.56 Å². The molecule has 4 rings (SSSR count). The lowest BCUT2D eigenvalue weighted by molar-refractivity contribution is -0.0591. The monoisotopic (exact) mass is 331 g/mol. The van der Waals surface area contributed by atoms with Crippen molar-refractivity contribution in [3.8, 4) is 0 Å². The molecule has 0 radical (unpaired) electrons. The normalized spacial score (nSPS) is 29.5. The molecule has 1 spiro atoms. The topological polar surface area (TPSA) is 62.9 Å². The van der Waals surface area contributed by atoms with Gasteiger partial charge < -0.3 is 19.2 Å². The van der Waals surface area contributed by atoms with Crippen LogP contribution in [0.3, 0.4) is 0 Å². The van der Waals surface area contributed by atoms with Crippen molar-refractivity contribution in [2.45, 2.75) is 24.0 Å². The number of nitrogens with zero attached hydrogens (tertiary/aromatic N) is 1. The summed E-state index contributed by atoms with van der Waals surface area (Å²) in [6.07, 6.45) is 1.23. The maximum absolute atomic E-state index is 13.4. The SMILES string of the molecule is O=C(c1ccco1)N1C[C@@H](O)[C@@]2(C[C@@H](c3cccc(F)c3)CO2)C1. The molecule has 126 valence electrons. The highest BCUT2D eigenvalue weighted by Gasteiger charge is 2.53. The highest BCUT2D eigenvalue weighted by molar-refractivity contribution is 5.91. The number of halogens is 1. The van der Waals surface area contributed by atoms with Gasteiger partial charge >= 0.3 is 0 Å². The van der Waals surface area contributed by atoms with Crippen LogP contribution in [0.4, 0.5) is 4.39 Å². The first kappa shape index (κ1) is 15.4. The summed E-state index contributed by atoms with van der Waals surface area (Å²) in [6, 6.07) is 9.70. The molecule has 0 aliphatic carbocycles. The number of furan rings is 1. The van der Waals surface area contributed by atoms with E-state index in [9.17, 15) is 14.3 Å². The Balaban J connectivity index is 1.51. The van der Waals surface area contributed by atoms with Crippen LogP contribution in [0.25, 0.3) is 0 Å². The lowest BCUT2D eigenvalue weighted by Gasteiger charge is -2.25. The molecular weight excluding hydrogens is 313 g/mol. The predicted molar refractivity (Wildman–Crippen MR) is 83.1 cm³/mol. The number of amides is 1. The van der Waals surface area contributed by atoms with Crippen molar-refractivity contribution in [1.29, 1.82) is 0 Å². The zero-order chi connectivity index (χ0) is 16.7. The van der Waals surface area contributed by atoms with Gasteiger partial charge in [-0.3, -0.25) is 4.79 Å². The molecule has 1 aromatic carbocycles. The van der Waals surface area contributed by atoms with E-state index < -0.39 is 11.7 Å². The Kier molecular flexibility index (Phi) is 3.66. The minimum Gasteiger partial charge on any atom is -0.459 e. The highest BCUT2D eigenvalue weighted by Crippen LogP contribution is 2.42. The standard InChI is InChI=1S/C18H18FNO4/c19-14-4-1-3-12(7-14)13-8-18(24-10-13)11-20(9-16(18)21)17(22)15-5-2-6-23-15/h1-7,13,16,21H,8-11H2/t13-,16-,18-/m1/s1. The number of ether oxygens (including phenoxy) is 1. The lowest BCUT2D eigenvalue weighted by atomic mass is 9.87. The molecule has 24 heavy (non-hydrogen) atoms. The summed E-state index contributed by atoms with van der Waals surface area (Å²) in [6.45, 7) is 0.915. The Bertz CT molecular complexity index is 747. The first-order valence-corrected chi connectivity index (χ1v) is 7.98. The molecule has 0 saturated carbocycles. The molecule has 1 N–H and O–H groups in total. The van der Waals surface area contributed by atoms with E-state index in [2.05, 4.69) is 0 Å². The van der Waals surface area contributed by atoms with E-state index in [1.54, 1.807) is 23.1 Å². The van der Waals surface area contributed by atoms with E-state index in [-0.39, 0.29) is 29.9 Å². The number of aliphatic hydroxyl groups excluding tert-OH is 1. The fraction of sp³-hybridized carbons (Fsp3) is 0.389. The quantitative estimate of drug-likeness (QED) is 0.916. The van der Waals surface area contributed by atoms with Crippen LogP contribution in [0.15, 0.2) is 47.1 Å². The van der Waals surface area contributed by atoms with Crippen molar-refractivity contribution in [3.05, 3.63) is 59.8 Å². The summed E-state index contributed by atoms with van der Waals surface area (Å²) in [5, 5.41) is 10.5. The van der Waals surface area contributed by atoms with Gasteiger partial charge in [-0.25, -0.2) is 4.39 Å². The Labute approximate surface area is 138 Å². The zero-order valence-corrected chi connectivity index (χ0v) is 13.0. The van der Waals surface area contributed by atoms with Gasteiger partial charge in [0, 0.05) is 5.92 Å². The number of β-amino-alcohol motifs (C(OH)–C–C–N with tert-alkyl or cyclic N) is 1. The number of likely N-dealkylation sites (tertiary alicyclic amines) is 1. The Morgan fingerprint density at radius 2 is 2.21 bits per heavy atom. The van der Waals surface area contributed by atoms with Crippen molar-refractivity contribution >= 4 is 5.91 Å². The van der Waals surface area contributed by atoms with Crippen LogP contribution in [0.1, 0.15) is 28.5 Å². The van der Waals surface area contributed by atoms with Gasteiger partial charge in [-0.15, -0.1) is 0 Å². The average molecular weight is 331 g/mol. The van der Waals surface area contributed by atoms with Gasteiger partial charge in [0.15, 0.2) is 5.76 Å². The van der Waals surface area contributed by atoms with E-state index in [1.807, 2.05) is 6.07 Å². The number of aliphatic hydroxyl groups is 1. The highest BCUT2D eigenvalue weighted by atomic mass is 19.1. The molecule has 2 aliphatic heterocycles. The molecule has 3 heterocycles. The van der Waals surface area contributed by atoms with Gasteiger partial charge in [-0.1, -0.05) is 12.1 Å². The van der Waals surface area contributed by atoms with Gasteiger partial charge in [0.05, 0.1) is 26.0 Å². The second-order valence-electron chi connectivity index (χ2n) is 6.51. The first-order chi connectivity index (χ1) is 11.6. The van der Waals surface area contributed by atoms with E-state index in [0.29, 0.717) is 19.6 Å². The molecule has 2 fully saturated rings. The Morgan fingerprint density at radius 1 is 1.33 bits per heavy atom. The number of benzene rings is 1. The first-order valence-electron chi connectivity index (χ1n) is 7.98. The van der Waals surface area contributed by atoms with Crippen LogP contribution in [-0.2, 0) is 4.74 Å². The minimum atomic E-state index is -0.792. The summed E-state index contributed by atoms with van der Waals surface area (Å²) in [4.78, 5) is 14.0. The second-order valence-corrected chi connectivity index (χ2v) is 6.51. The fourth-order valence-corrected chi connectivity index (χ4v) is 3.70. The van der Waals surface area contributed by atoms with Crippen LogP contribution < -0.4 is 0 Å². The molecule has 1 amide bonds. The summed E-state index contributed by atoms with van der Waals surface area (Å²) in [5.74, 6) is -0.281. The third kappa shape index (κ3) is 2.52. The molecule has 1 aromatic heterocycles. The summed E-state index contributed by atoms with van der Waals surface area (Å²) in [5.41, 5.74) is 0.0640. The average Bonchev–Trinajstić information content (AvgIpc) is 3.30. The van der Waals surface area contributed by atoms with Crippen molar-refractivity contribution in [1.82, 2.24) is 4.90 Å². The fourth-order valence-electron chi connectivity index (χ4n) is 3.70. The summed E-state index contributed by atoms with van der Waals surface area (Å²) in [7, 11) is 0. The predicted octanol–water partition coefficient (Wildman–Crippen LogP) is 2.18. The maximum Gasteiger partial charge on any atom is 0.289 e. The maximum atomic E-state index is 13.4. The second kappa shape index (κ2) is 5.72. The molecule has 5 nitrogen and oxygen atoms in total. The molecular formula is C18H18FNO4. The number of carbonyl (C=O) groups is 1. The van der Waals surface area contributed by atoms with Crippen LogP contribution in [0.2, 0.25) is 0 Å². The molecule has 0 bridgehead atoms. The van der Waals surface area contributed by atoms with Gasteiger partial charge in [0.25, 0.3) is 5.91 Å². The zero-order valence-electron chi connectivity index (χ0n) is 13.0. The largest absolute Gasteiger partial charge is 0.459 e. The van der Waals surface area contributed by atoms with Crippen molar-refractivity contribution < 1.29 is 23.4 Å². The van der Waals surface area contributed by atoms with Gasteiger partial charge in [0.2, 0.25) is 0 Å². The van der Waals surface area contributed by atoms with Crippen LogP contribution >= 0.6 is 0 Å².